The van der Waals surface area contributed by atoms with E-state index in [4.69, 9.17) is 5.10 Å². The lowest BCUT2D eigenvalue weighted by atomic mass is 10.2. The zero-order chi connectivity index (χ0) is 19.1. The fourth-order valence-corrected chi connectivity index (χ4v) is 3.83. The smallest absolute Gasteiger partial charge is 0.227 e. The van der Waals surface area contributed by atoms with E-state index >= 15 is 0 Å². The van der Waals surface area contributed by atoms with Gasteiger partial charge in [-0.05, 0) is 32.8 Å². The molecule has 0 bridgehead atoms. The van der Waals surface area contributed by atoms with Crippen molar-refractivity contribution in [2.75, 3.05) is 47.8 Å². The first kappa shape index (κ1) is 17.2. The maximum atomic E-state index is 4.74. The summed E-state index contributed by atoms with van der Waals surface area (Å²) in [6.07, 6.45) is 6.32. The summed E-state index contributed by atoms with van der Waals surface area (Å²) in [6.45, 7) is 8.49. The maximum absolute atomic E-state index is 4.74. The molecule has 5 rings (SSSR count). The van der Waals surface area contributed by atoms with E-state index in [1.807, 2.05) is 29.9 Å². The molecule has 1 saturated heterocycles. The van der Waals surface area contributed by atoms with E-state index in [0.717, 1.165) is 61.5 Å². The average Bonchev–Trinajstić information content (AvgIpc) is 3.46. The van der Waals surface area contributed by atoms with Crippen molar-refractivity contribution in [3.8, 4) is 0 Å². The summed E-state index contributed by atoms with van der Waals surface area (Å²) in [6, 6.07) is 4.21. The van der Waals surface area contributed by atoms with Gasteiger partial charge in [-0.25, -0.2) is 14.5 Å². The summed E-state index contributed by atoms with van der Waals surface area (Å²) in [7, 11) is 0. The molecule has 0 amide bonds. The molecule has 0 spiro atoms. The number of aromatic nitrogens is 5. The molecule has 0 aromatic carbocycles. The van der Waals surface area contributed by atoms with E-state index in [1.165, 1.54) is 18.5 Å². The van der Waals surface area contributed by atoms with Gasteiger partial charge in [0.25, 0.3) is 0 Å². The second kappa shape index (κ2) is 6.92. The fraction of sp³-hybridized carbons (Fsp3) is 0.500. The third-order valence-electron chi connectivity index (χ3n) is 5.45. The predicted octanol–water partition coefficient (Wildman–Crippen LogP) is 2.46. The number of piperazine rings is 1. The number of fused-ring (bicyclic) bond motifs is 1. The lowest BCUT2D eigenvalue weighted by molar-refractivity contribution is 0.634. The number of anilines is 3. The topological polar surface area (TPSA) is 74.5 Å². The van der Waals surface area contributed by atoms with Crippen LogP contribution in [0.1, 0.15) is 37.1 Å². The van der Waals surface area contributed by atoms with Crippen molar-refractivity contribution in [2.24, 2.45) is 0 Å². The molecule has 1 aliphatic heterocycles. The highest BCUT2D eigenvalue weighted by molar-refractivity contribution is 5.70. The second-order valence-corrected chi connectivity index (χ2v) is 7.62. The third kappa shape index (κ3) is 3.23. The van der Waals surface area contributed by atoms with Gasteiger partial charge in [0.2, 0.25) is 5.95 Å². The Bertz CT molecular complexity index is 985. The van der Waals surface area contributed by atoms with Gasteiger partial charge in [-0.2, -0.15) is 10.1 Å². The molecule has 0 radical (unpaired) electrons. The molecule has 3 aromatic heterocycles. The molecule has 4 heterocycles. The average molecular weight is 378 g/mol. The quantitative estimate of drug-likeness (QED) is 0.731. The summed E-state index contributed by atoms with van der Waals surface area (Å²) in [5.74, 6) is 3.38. The Balaban J connectivity index is 1.34. The van der Waals surface area contributed by atoms with Crippen LogP contribution in [0.5, 0.6) is 0 Å². The first-order chi connectivity index (χ1) is 13.7. The Morgan fingerprint density at radius 1 is 1.07 bits per heavy atom. The van der Waals surface area contributed by atoms with Gasteiger partial charge in [0.15, 0.2) is 5.82 Å². The van der Waals surface area contributed by atoms with Crippen LogP contribution in [0, 0.1) is 6.92 Å². The van der Waals surface area contributed by atoms with Crippen molar-refractivity contribution < 1.29 is 0 Å². The minimum atomic E-state index is 0.647. The molecule has 1 N–H and O–H groups in total. The van der Waals surface area contributed by atoms with Crippen molar-refractivity contribution in [1.29, 1.82) is 0 Å². The van der Waals surface area contributed by atoms with E-state index in [-0.39, 0.29) is 0 Å². The number of nitrogens with one attached hydrogen (secondary N) is 1. The lowest BCUT2D eigenvalue weighted by Crippen LogP contribution is -2.47. The Morgan fingerprint density at radius 2 is 1.86 bits per heavy atom. The van der Waals surface area contributed by atoms with E-state index in [0.29, 0.717) is 5.92 Å². The van der Waals surface area contributed by atoms with E-state index in [1.54, 1.807) is 0 Å². The van der Waals surface area contributed by atoms with Gasteiger partial charge in [-0.15, -0.1) is 0 Å². The molecule has 0 unspecified atom stereocenters. The zero-order valence-electron chi connectivity index (χ0n) is 16.5. The van der Waals surface area contributed by atoms with Gasteiger partial charge in [0.1, 0.15) is 11.3 Å². The number of hydrogen-bond donors (Lipinski definition) is 1. The van der Waals surface area contributed by atoms with Crippen molar-refractivity contribution in [1.82, 2.24) is 24.6 Å². The molecule has 146 valence electrons. The highest BCUT2D eigenvalue weighted by atomic mass is 15.3. The molecule has 1 aliphatic carbocycles. The molecular weight excluding hydrogens is 352 g/mol. The molecule has 2 aliphatic rings. The Hall–Kier alpha value is -2.90. The van der Waals surface area contributed by atoms with Crippen LogP contribution in [0.15, 0.2) is 24.5 Å². The molecule has 28 heavy (non-hydrogen) atoms. The van der Waals surface area contributed by atoms with Gasteiger partial charge in [-0.3, -0.25) is 0 Å². The highest BCUT2D eigenvalue weighted by Crippen LogP contribution is 2.40. The largest absolute Gasteiger partial charge is 0.370 e. The van der Waals surface area contributed by atoms with Crippen LogP contribution in [0.4, 0.5) is 17.6 Å². The van der Waals surface area contributed by atoms with Crippen molar-refractivity contribution >= 4 is 23.1 Å². The molecule has 1 saturated carbocycles. The van der Waals surface area contributed by atoms with Gasteiger partial charge in [0.05, 0.1) is 5.69 Å². The number of nitrogens with zero attached hydrogens (tertiary/aromatic N) is 7. The molecule has 2 fully saturated rings. The lowest BCUT2D eigenvalue weighted by Gasteiger charge is -2.35. The molecule has 3 aromatic rings. The summed E-state index contributed by atoms with van der Waals surface area (Å²) < 4.78 is 1.98. The number of hydrogen-bond acceptors (Lipinski definition) is 7. The van der Waals surface area contributed by atoms with Crippen molar-refractivity contribution in [2.45, 2.75) is 32.6 Å². The van der Waals surface area contributed by atoms with Crippen LogP contribution in [0.25, 0.3) is 5.52 Å². The summed E-state index contributed by atoms with van der Waals surface area (Å²) >= 11 is 0. The summed E-state index contributed by atoms with van der Waals surface area (Å²) in [5, 5.41) is 8.03. The number of aryl methyl sites for hydroxylation is 1. The van der Waals surface area contributed by atoms with E-state index in [9.17, 15) is 0 Å². The molecule has 8 heteroatoms. The third-order valence-corrected chi connectivity index (χ3v) is 5.45. The zero-order valence-corrected chi connectivity index (χ0v) is 16.5. The maximum Gasteiger partial charge on any atom is 0.227 e. The highest BCUT2D eigenvalue weighted by Gasteiger charge is 2.28. The monoisotopic (exact) mass is 378 g/mol. The summed E-state index contributed by atoms with van der Waals surface area (Å²) in [5.41, 5.74) is 3.30. The van der Waals surface area contributed by atoms with Crippen LogP contribution in [0.3, 0.4) is 0 Å². The van der Waals surface area contributed by atoms with Gasteiger partial charge < -0.3 is 15.1 Å². The Labute approximate surface area is 164 Å². The molecular formula is C20H26N8. The normalized spacial score (nSPS) is 17.4. The first-order valence-corrected chi connectivity index (χ1v) is 10.1. The number of rotatable bonds is 5. The first-order valence-electron chi connectivity index (χ1n) is 10.1. The SMILES string of the molecule is CCNc1cc(C)nc(N2CCN(c3nccn4nc(C5CC5)cc34)CC2)n1. The Morgan fingerprint density at radius 3 is 2.61 bits per heavy atom. The van der Waals surface area contributed by atoms with Crippen LogP contribution in [0.2, 0.25) is 0 Å². The molecule has 0 atom stereocenters. The van der Waals surface area contributed by atoms with Crippen LogP contribution >= 0.6 is 0 Å². The fourth-order valence-electron chi connectivity index (χ4n) is 3.83. The second-order valence-electron chi connectivity index (χ2n) is 7.62. The predicted molar refractivity (Wildman–Crippen MR) is 110 cm³/mol. The molecule has 8 nitrogen and oxygen atoms in total. The van der Waals surface area contributed by atoms with Crippen molar-refractivity contribution in [3.05, 3.63) is 35.9 Å². The van der Waals surface area contributed by atoms with Crippen molar-refractivity contribution in [3.63, 3.8) is 0 Å². The van der Waals surface area contributed by atoms with Gasteiger partial charge >= 0.3 is 0 Å². The van der Waals surface area contributed by atoms with Crippen LogP contribution in [-0.2, 0) is 0 Å². The summed E-state index contributed by atoms with van der Waals surface area (Å²) in [4.78, 5) is 18.6. The minimum Gasteiger partial charge on any atom is -0.370 e. The van der Waals surface area contributed by atoms with Crippen LogP contribution < -0.4 is 15.1 Å². The minimum absolute atomic E-state index is 0.647. The van der Waals surface area contributed by atoms with Gasteiger partial charge in [0, 0.05) is 62.8 Å². The standard InChI is InChI=1S/C20H26N8/c1-3-21-18-12-14(2)23-20(24-18)27-10-8-26(9-11-27)19-17-13-16(15-4-5-15)25-28(17)7-6-22-19/h6-7,12-13,15H,3-5,8-11H2,1-2H3,(H,21,23,24). The van der Waals surface area contributed by atoms with E-state index < -0.39 is 0 Å². The van der Waals surface area contributed by atoms with E-state index in [2.05, 4.69) is 43.1 Å². The Kier molecular flexibility index (Phi) is 4.26. The van der Waals surface area contributed by atoms with Gasteiger partial charge in [-0.1, -0.05) is 0 Å². The van der Waals surface area contributed by atoms with Crippen LogP contribution in [-0.4, -0.2) is 57.3 Å².